The van der Waals surface area contributed by atoms with Crippen LogP contribution in [0.4, 0.5) is 0 Å². The SMILES string of the molecule is O=C(NCCCN1CCOCC1)C(=O)N/N=C\c1cccc(OCc2c(Cl)cccc2Cl)c1. The summed E-state index contributed by atoms with van der Waals surface area (Å²) in [6.45, 7) is 4.73. The third kappa shape index (κ3) is 8.33. The number of ether oxygens (including phenoxy) is 2. The topological polar surface area (TPSA) is 92.3 Å². The highest BCUT2D eigenvalue weighted by Gasteiger charge is 2.13. The fourth-order valence-electron chi connectivity index (χ4n) is 3.14. The highest BCUT2D eigenvalue weighted by molar-refractivity contribution is 6.36. The molecule has 2 aromatic carbocycles. The van der Waals surface area contributed by atoms with E-state index in [1.54, 1.807) is 42.5 Å². The molecule has 0 atom stereocenters. The summed E-state index contributed by atoms with van der Waals surface area (Å²) in [6.07, 6.45) is 2.19. The molecule has 3 rings (SSSR count). The van der Waals surface area contributed by atoms with E-state index < -0.39 is 11.8 Å². The quantitative estimate of drug-likeness (QED) is 0.243. The summed E-state index contributed by atoms with van der Waals surface area (Å²) in [5.74, 6) is -0.958. The molecule has 2 aromatic rings. The average Bonchev–Trinajstić information content (AvgIpc) is 2.82. The first-order valence-electron chi connectivity index (χ1n) is 10.6. The van der Waals surface area contributed by atoms with Gasteiger partial charge in [0.1, 0.15) is 12.4 Å². The summed E-state index contributed by atoms with van der Waals surface area (Å²) in [4.78, 5) is 26.1. The van der Waals surface area contributed by atoms with Crippen molar-refractivity contribution in [3.63, 3.8) is 0 Å². The number of carbonyl (C=O) groups is 2. The van der Waals surface area contributed by atoms with E-state index in [1.807, 2.05) is 0 Å². The maximum Gasteiger partial charge on any atom is 0.329 e. The molecule has 1 heterocycles. The van der Waals surface area contributed by atoms with Gasteiger partial charge in [-0.25, -0.2) is 5.43 Å². The Balaban J connectivity index is 1.40. The van der Waals surface area contributed by atoms with E-state index in [2.05, 4.69) is 20.7 Å². The summed E-state index contributed by atoms with van der Waals surface area (Å²) in [5.41, 5.74) is 3.61. The van der Waals surface area contributed by atoms with E-state index in [4.69, 9.17) is 32.7 Å². The molecular formula is C23H26Cl2N4O4. The van der Waals surface area contributed by atoms with Gasteiger partial charge in [0.15, 0.2) is 0 Å². The number of hydrogen-bond acceptors (Lipinski definition) is 6. The standard InChI is InChI=1S/C23H26Cl2N4O4/c24-20-6-2-7-21(25)19(20)16-33-18-5-1-4-17(14-18)15-27-28-23(31)22(30)26-8-3-9-29-10-12-32-13-11-29/h1-2,4-7,14-15H,3,8-13,16H2,(H,26,30)(H,28,31)/b27-15-. The minimum absolute atomic E-state index is 0.210. The van der Waals surface area contributed by atoms with Gasteiger partial charge >= 0.3 is 11.8 Å². The molecule has 0 unspecified atom stereocenters. The molecule has 0 aromatic heterocycles. The van der Waals surface area contributed by atoms with Crippen molar-refractivity contribution in [1.29, 1.82) is 0 Å². The number of nitrogens with zero attached hydrogens (tertiary/aromatic N) is 2. The van der Waals surface area contributed by atoms with Gasteiger partial charge in [-0.05, 0) is 42.8 Å². The maximum atomic E-state index is 11.9. The molecule has 1 aliphatic heterocycles. The number of hydrazone groups is 1. The van der Waals surface area contributed by atoms with Gasteiger partial charge in [-0.15, -0.1) is 0 Å². The highest BCUT2D eigenvalue weighted by atomic mass is 35.5. The fraction of sp³-hybridized carbons (Fsp3) is 0.348. The van der Waals surface area contributed by atoms with Gasteiger partial charge in [0.25, 0.3) is 0 Å². The third-order valence-corrected chi connectivity index (χ3v) is 5.64. The Morgan fingerprint density at radius 3 is 2.58 bits per heavy atom. The minimum Gasteiger partial charge on any atom is -0.489 e. The molecule has 1 saturated heterocycles. The predicted octanol–water partition coefficient (Wildman–Crippen LogP) is 2.86. The van der Waals surface area contributed by atoms with E-state index in [0.717, 1.165) is 39.3 Å². The van der Waals surface area contributed by atoms with Crippen molar-refractivity contribution in [2.75, 3.05) is 39.4 Å². The third-order valence-electron chi connectivity index (χ3n) is 4.93. The van der Waals surface area contributed by atoms with Gasteiger partial charge in [0, 0.05) is 35.2 Å². The average molecular weight is 493 g/mol. The summed E-state index contributed by atoms with van der Waals surface area (Å²) in [6, 6.07) is 12.4. The van der Waals surface area contributed by atoms with Gasteiger partial charge in [0.2, 0.25) is 0 Å². The van der Waals surface area contributed by atoms with E-state index in [-0.39, 0.29) is 6.61 Å². The highest BCUT2D eigenvalue weighted by Crippen LogP contribution is 2.26. The first-order valence-corrected chi connectivity index (χ1v) is 11.4. The molecule has 0 radical (unpaired) electrons. The van der Waals surface area contributed by atoms with Crippen LogP contribution in [0.25, 0.3) is 0 Å². The molecule has 0 saturated carbocycles. The number of carbonyl (C=O) groups excluding carboxylic acids is 2. The lowest BCUT2D eigenvalue weighted by molar-refractivity contribution is -0.139. The number of morpholine rings is 1. The molecular weight excluding hydrogens is 467 g/mol. The maximum absolute atomic E-state index is 11.9. The van der Waals surface area contributed by atoms with Crippen LogP contribution in [-0.4, -0.2) is 62.3 Å². The van der Waals surface area contributed by atoms with Crippen LogP contribution in [-0.2, 0) is 20.9 Å². The Hall–Kier alpha value is -2.65. The number of halogens is 2. The van der Waals surface area contributed by atoms with Crippen molar-refractivity contribution < 1.29 is 19.1 Å². The zero-order valence-corrected chi connectivity index (χ0v) is 19.6. The summed E-state index contributed by atoms with van der Waals surface area (Å²) in [5, 5.41) is 7.50. The van der Waals surface area contributed by atoms with E-state index in [9.17, 15) is 9.59 Å². The Labute approximate surface area is 202 Å². The van der Waals surface area contributed by atoms with Crippen molar-refractivity contribution in [2.24, 2.45) is 5.10 Å². The lowest BCUT2D eigenvalue weighted by Gasteiger charge is -2.26. The van der Waals surface area contributed by atoms with Crippen molar-refractivity contribution in [3.8, 4) is 5.75 Å². The predicted molar refractivity (Wildman–Crippen MR) is 128 cm³/mol. The summed E-state index contributed by atoms with van der Waals surface area (Å²) in [7, 11) is 0. The molecule has 0 spiro atoms. The summed E-state index contributed by atoms with van der Waals surface area (Å²) < 4.78 is 11.1. The molecule has 0 bridgehead atoms. The number of hydrogen-bond donors (Lipinski definition) is 2. The first kappa shape index (κ1) is 25.0. The molecule has 8 nitrogen and oxygen atoms in total. The monoisotopic (exact) mass is 492 g/mol. The van der Waals surface area contributed by atoms with E-state index in [1.165, 1.54) is 6.21 Å². The first-order chi connectivity index (χ1) is 16.0. The fourth-order valence-corrected chi connectivity index (χ4v) is 3.64. The van der Waals surface area contributed by atoms with E-state index in [0.29, 0.717) is 33.5 Å². The van der Waals surface area contributed by atoms with Crippen molar-refractivity contribution in [2.45, 2.75) is 13.0 Å². The Morgan fingerprint density at radius 1 is 1.09 bits per heavy atom. The number of rotatable bonds is 9. The normalized spacial score (nSPS) is 14.2. The minimum atomic E-state index is -0.821. The molecule has 0 aliphatic carbocycles. The molecule has 33 heavy (non-hydrogen) atoms. The largest absolute Gasteiger partial charge is 0.489 e. The van der Waals surface area contributed by atoms with Crippen LogP contribution in [0.2, 0.25) is 10.0 Å². The molecule has 1 fully saturated rings. The zero-order valence-electron chi connectivity index (χ0n) is 18.1. The zero-order chi connectivity index (χ0) is 23.5. The number of amides is 2. The molecule has 2 amide bonds. The lowest BCUT2D eigenvalue weighted by atomic mass is 10.2. The van der Waals surface area contributed by atoms with Gasteiger partial charge in [-0.1, -0.05) is 41.4 Å². The number of nitrogens with one attached hydrogen (secondary N) is 2. The van der Waals surface area contributed by atoms with E-state index >= 15 is 0 Å². The van der Waals surface area contributed by atoms with Crippen LogP contribution in [0.1, 0.15) is 17.5 Å². The van der Waals surface area contributed by atoms with Crippen LogP contribution >= 0.6 is 23.2 Å². The second-order valence-corrected chi connectivity index (χ2v) is 8.14. The number of benzene rings is 2. The second-order valence-electron chi connectivity index (χ2n) is 7.32. The van der Waals surface area contributed by atoms with Gasteiger partial charge in [-0.3, -0.25) is 14.5 Å². The van der Waals surface area contributed by atoms with Crippen molar-refractivity contribution in [1.82, 2.24) is 15.6 Å². The van der Waals surface area contributed by atoms with Crippen molar-refractivity contribution in [3.05, 3.63) is 63.6 Å². The Kier molecular flexibility index (Phi) is 9.96. The van der Waals surface area contributed by atoms with Crippen LogP contribution in [0, 0.1) is 0 Å². The van der Waals surface area contributed by atoms with Gasteiger partial charge < -0.3 is 14.8 Å². The Bertz CT molecular complexity index is 960. The molecule has 1 aliphatic rings. The molecule has 2 N–H and O–H groups in total. The van der Waals surface area contributed by atoms with Crippen LogP contribution in [0.3, 0.4) is 0 Å². The second kappa shape index (κ2) is 13.2. The van der Waals surface area contributed by atoms with Crippen LogP contribution in [0.5, 0.6) is 5.75 Å². The molecule has 176 valence electrons. The van der Waals surface area contributed by atoms with Crippen LogP contribution in [0.15, 0.2) is 47.6 Å². The molecule has 10 heteroatoms. The summed E-state index contributed by atoms with van der Waals surface area (Å²) >= 11 is 12.3. The van der Waals surface area contributed by atoms with Gasteiger partial charge in [0.05, 0.1) is 19.4 Å². The Morgan fingerprint density at radius 2 is 1.82 bits per heavy atom. The van der Waals surface area contributed by atoms with Gasteiger partial charge in [-0.2, -0.15) is 5.10 Å². The van der Waals surface area contributed by atoms with Crippen molar-refractivity contribution >= 4 is 41.2 Å². The lowest BCUT2D eigenvalue weighted by Crippen LogP contribution is -2.40. The smallest absolute Gasteiger partial charge is 0.329 e. The van der Waals surface area contributed by atoms with Crippen LogP contribution < -0.4 is 15.5 Å².